The van der Waals surface area contributed by atoms with Crippen molar-refractivity contribution >= 4 is 33.2 Å². The van der Waals surface area contributed by atoms with Crippen molar-refractivity contribution in [3.8, 4) is 0 Å². The number of nitrogens with zero attached hydrogens (tertiary/aromatic N) is 1. The van der Waals surface area contributed by atoms with Gasteiger partial charge < -0.3 is 14.8 Å². The quantitative estimate of drug-likeness (QED) is 0.296. The molecule has 3 unspecified atom stereocenters. The van der Waals surface area contributed by atoms with E-state index in [0.29, 0.717) is 23.2 Å². The number of rotatable bonds is 10. The minimum absolute atomic E-state index is 0.00249. The number of hydrogen-bond acceptors (Lipinski definition) is 8. The molecule has 1 aliphatic heterocycles. The number of thiazole rings is 1. The smallest absolute Gasteiger partial charge is 0.234 e. The molecule has 36 heavy (non-hydrogen) atoms. The van der Waals surface area contributed by atoms with Gasteiger partial charge in [0.2, 0.25) is 5.91 Å². The summed E-state index contributed by atoms with van der Waals surface area (Å²) in [4.78, 5) is 19.3. The minimum Gasteiger partial charge on any atom is -0.381 e. The first-order chi connectivity index (χ1) is 17.2. The van der Waals surface area contributed by atoms with E-state index in [2.05, 4.69) is 15.0 Å². The van der Waals surface area contributed by atoms with E-state index < -0.39 is 16.7 Å². The lowest BCUT2D eigenvalue weighted by molar-refractivity contribution is -0.121. The van der Waals surface area contributed by atoms with Gasteiger partial charge in [-0.2, -0.15) is 0 Å². The van der Waals surface area contributed by atoms with E-state index in [0.717, 1.165) is 36.1 Å². The van der Waals surface area contributed by atoms with Gasteiger partial charge in [-0.25, -0.2) is 9.71 Å². The standard InChI is InChI=1S/C26H39N3O5S2/c1-17-16-27-26(35-17)28-25(30)24(18(2)19(3)34-22-6-4-5-7-22)20-8-10-23(11-9-20)36(31,32)29-21-12-14-33-15-13-21/h8-11,16,18-19,21-22,24,29,31-32H,4-7,12-15H2,1-3H3,(H,27,28,30). The summed E-state index contributed by atoms with van der Waals surface area (Å²) in [5, 5.41) is 3.56. The maximum Gasteiger partial charge on any atom is 0.234 e. The van der Waals surface area contributed by atoms with E-state index in [-0.39, 0.29) is 30.1 Å². The number of hydrogen-bond donors (Lipinski definition) is 4. The van der Waals surface area contributed by atoms with Gasteiger partial charge in [0.15, 0.2) is 5.13 Å². The molecule has 10 heteroatoms. The van der Waals surface area contributed by atoms with Crippen LogP contribution < -0.4 is 10.0 Å². The Balaban J connectivity index is 1.52. The summed E-state index contributed by atoms with van der Waals surface area (Å²) in [5.41, 5.74) is 0.806. The molecule has 1 saturated heterocycles. The van der Waals surface area contributed by atoms with Crippen LogP contribution in [0.2, 0.25) is 0 Å². The highest BCUT2D eigenvalue weighted by molar-refractivity contribution is 8.22. The predicted octanol–water partition coefficient (Wildman–Crippen LogP) is 5.95. The van der Waals surface area contributed by atoms with Crippen molar-refractivity contribution in [3.05, 3.63) is 40.9 Å². The van der Waals surface area contributed by atoms with Gasteiger partial charge >= 0.3 is 0 Å². The first kappa shape index (κ1) is 27.5. The molecule has 2 aliphatic rings. The van der Waals surface area contributed by atoms with Crippen molar-refractivity contribution in [2.75, 3.05) is 18.5 Å². The average molecular weight is 538 g/mol. The van der Waals surface area contributed by atoms with Gasteiger partial charge in [0.05, 0.1) is 23.0 Å². The van der Waals surface area contributed by atoms with Gasteiger partial charge in [-0.15, -0.1) is 22.1 Å². The Bertz CT molecular complexity index is 988. The summed E-state index contributed by atoms with van der Waals surface area (Å²) in [7, 11) is -3.16. The first-order valence-corrected chi connectivity index (χ1v) is 15.2. The molecular weight excluding hydrogens is 498 g/mol. The van der Waals surface area contributed by atoms with E-state index in [1.807, 2.05) is 32.9 Å². The van der Waals surface area contributed by atoms with Crippen LogP contribution in [0.25, 0.3) is 0 Å². The molecule has 1 aromatic carbocycles. The SMILES string of the molecule is Cc1cnc(NC(=O)C(c2ccc(S(O)(O)NC3CCOCC3)cc2)C(C)C(C)OC2CCCC2)s1. The van der Waals surface area contributed by atoms with Crippen LogP contribution >= 0.6 is 22.1 Å². The summed E-state index contributed by atoms with van der Waals surface area (Å²) >= 11 is 1.44. The number of anilines is 1. The van der Waals surface area contributed by atoms with Crippen molar-refractivity contribution in [3.63, 3.8) is 0 Å². The molecule has 1 aromatic heterocycles. The summed E-state index contributed by atoms with van der Waals surface area (Å²) in [6.07, 6.45) is 7.87. The van der Waals surface area contributed by atoms with Gasteiger partial charge in [0, 0.05) is 30.3 Å². The first-order valence-electron chi connectivity index (χ1n) is 12.8. The van der Waals surface area contributed by atoms with Gasteiger partial charge in [-0.3, -0.25) is 13.9 Å². The molecule has 8 nitrogen and oxygen atoms in total. The number of nitrogens with one attached hydrogen (secondary N) is 2. The number of amides is 1. The number of aromatic nitrogens is 1. The zero-order valence-corrected chi connectivity index (χ0v) is 22.9. The molecule has 1 aliphatic carbocycles. The van der Waals surface area contributed by atoms with E-state index in [1.165, 1.54) is 24.2 Å². The number of aryl methyl sites for hydroxylation is 1. The van der Waals surface area contributed by atoms with Gasteiger partial charge in [-0.05, 0) is 63.1 Å². The summed E-state index contributed by atoms with van der Waals surface area (Å²) in [5.74, 6) is -0.721. The second-order valence-electron chi connectivity index (χ2n) is 9.97. The van der Waals surface area contributed by atoms with E-state index in [4.69, 9.17) is 9.47 Å². The van der Waals surface area contributed by atoms with Crippen molar-refractivity contribution in [2.45, 2.75) is 88.4 Å². The van der Waals surface area contributed by atoms with Crippen molar-refractivity contribution < 1.29 is 23.4 Å². The average Bonchev–Trinajstić information content (AvgIpc) is 3.51. The van der Waals surface area contributed by atoms with Gasteiger partial charge in [0.25, 0.3) is 0 Å². The van der Waals surface area contributed by atoms with Crippen molar-refractivity contribution in [2.24, 2.45) is 5.92 Å². The largest absolute Gasteiger partial charge is 0.381 e. The predicted molar refractivity (Wildman–Crippen MR) is 145 cm³/mol. The molecule has 3 atom stereocenters. The molecule has 2 heterocycles. The lowest BCUT2D eigenvalue weighted by atomic mass is 9.83. The zero-order valence-electron chi connectivity index (χ0n) is 21.3. The molecule has 1 saturated carbocycles. The maximum absolute atomic E-state index is 13.5. The Morgan fingerprint density at radius 3 is 2.42 bits per heavy atom. The van der Waals surface area contributed by atoms with Crippen LogP contribution in [0, 0.1) is 12.8 Å². The van der Waals surface area contributed by atoms with E-state index >= 15 is 0 Å². The molecule has 2 aromatic rings. The van der Waals surface area contributed by atoms with Crippen LogP contribution in [0.3, 0.4) is 0 Å². The molecular formula is C26H39N3O5S2. The third-order valence-electron chi connectivity index (χ3n) is 7.23. The minimum atomic E-state index is -3.16. The van der Waals surface area contributed by atoms with Crippen molar-refractivity contribution in [1.29, 1.82) is 0 Å². The van der Waals surface area contributed by atoms with Crippen LogP contribution in [0.4, 0.5) is 5.13 Å². The lowest BCUT2D eigenvalue weighted by Gasteiger charge is -2.38. The zero-order chi connectivity index (χ0) is 25.7. The van der Waals surface area contributed by atoms with Gasteiger partial charge in [-0.1, -0.05) is 31.9 Å². The number of carbonyl (C=O) groups is 1. The third-order valence-corrected chi connectivity index (χ3v) is 9.65. The molecule has 2 fully saturated rings. The molecule has 4 N–H and O–H groups in total. The highest BCUT2D eigenvalue weighted by Crippen LogP contribution is 2.46. The topological polar surface area (TPSA) is 113 Å². The molecule has 1 amide bonds. The second kappa shape index (κ2) is 12.3. The third kappa shape index (κ3) is 7.06. The fraction of sp³-hybridized carbons (Fsp3) is 0.615. The van der Waals surface area contributed by atoms with Crippen LogP contribution in [0.15, 0.2) is 35.4 Å². The summed E-state index contributed by atoms with van der Waals surface area (Å²) in [6.45, 7) is 7.27. The second-order valence-corrected chi connectivity index (χ2v) is 13.0. The lowest BCUT2D eigenvalue weighted by Crippen LogP contribution is -2.36. The fourth-order valence-corrected chi connectivity index (χ4v) is 7.01. The Morgan fingerprint density at radius 2 is 1.81 bits per heavy atom. The number of benzene rings is 1. The van der Waals surface area contributed by atoms with Crippen LogP contribution in [-0.2, 0) is 14.3 Å². The summed E-state index contributed by atoms with van der Waals surface area (Å²) in [6, 6.07) is 7.06. The van der Waals surface area contributed by atoms with Crippen LogP contribution in [-0.4, -0.2) is 51.5 Å². The number of ether oxygens (including phenoxy) is 2. The summed E-state index contributed by atoms with van der Waals surface area (Å²) < 4.78 is 36.3. The Labute approximate surface area is 219 Å². The molecule has 4 rings (SSSR count). The Kier molecular flexibility index (Phi) is 9.43. The van der Waals surface area contributed by atoms with Crippen LogP contribution in [0.5, 0.6) is 0 Å². The highest BCUT2D eigenvalue weighted by atomic mass is 32.3. The molecule has 0 bridgehead atoms. The molecule has 0 radical (unpaired) electrons. The van der Waals surface area contributed by atoms with Crippen molar-refractivity contribution in [1.82, 2.24) is 9.71 Å². The van der Waals surface area contributed by atoms with Crippen LogP contribution in [0.1, 0.15) is 68.7 Å². The molecule has 200 valence electrons. The van der Waals surface area contributed by atoms with E-state index in [9.17, 15) is 13.9 Å². The van der Waals surface area contributed by atoms with E-state index in [1.54, 1.807) is 18.3 Å². The Hall–Kier alpha value is -1.53. The fourth-order valence-electron chi connectivity index (χ4n) is 4.99. The monoisotopic (exact) mass is 537 g/mol. The molecule has 0 spiro atoms. The maximum atomic E-state index is 13.5. The normalized spacial score (nSPS) is 20.7. The Morgan fingerprint density at radius 1 is 1.14 bits per heavy atom. The highest BCUT2D eigenvalue weighted by Gasteiger charge is 2.34. The number of carbonyl (C=O) groups excluding carboxylic acids is 1. The van der Waals surface area contributed by atoms with Gasteiger partial charge in [0.1, 0.15) is 0 Å².